The monoisotopic (exact) mass is 445 g/mol. The van der Waals surface area contributed by atoms with Crippen molar-refractivity contribution in [2.75, 3.05) is 6.61 Å². The summed E-state index contributed by atoms with van der Waals surface area (Å²) < 4.78 is 7.56. The highest BCUT2D eigenvalue weighted by Gasteiger charge is 2.28. The number of hydrogen-bond acceptors (Lipinski definition) is 3. The second-order valence-corrected chi connectivity index (χ2v) is 8.28. The molecule has 0 bridgehead atoms. The van der Waals surface area contributed by atoms with Crippen molar-refractivity contribution in [1.29, 1.82) is 0 Å². The fourth-order valence-corrected chi connectivity index (χ4v) is 4.39. The van der Waals surface area contributed by atoms with Gasteiger partial charge in [-0.2, -0.15) is 0 Å². The van der Waals surface area contributed by atoms with E-state index in [0.717, 1.165) is 29.7 Å². The highest BCUT2D eigenvalue weighted by Crippen LogP contribution is 2.24. The molecule has 2 aromatic carbocycles. The molecule has 0 unspecified atom stereocenters. The molecular weight excluding hydrogens is 414 g/mol. The summed E-state index contributed by atoms with van der Waals surface area (Å²) in [5, 5.41) is 6.29. The zero-order valence-corrected chi connectivity index (χ0v) is 19.2. The molecule has 0 fully saturated rings. The number of fused-ring (bicyclic) bond motifs is 1. The Morgan fingerprint density at radius 3 is 1.97 bits per heavy atom. The minimum atomic E-state index is -0.186. The number of amides is 2. The van der Waals surface area contributed by atoms with E-state index in [0.29, 0.717) is 31.0 Å². The van der Waals surface area contributed by atoms with Crippen LogP contribution < -0.4 is 10.6 Å². The molecule has 0 saturated heterocycles. The van der Waals surface area contributed by atoms with Gasteiger partial charge in [-0.3, -0.25) is 9.59 Å². The van der Waals surface area contributed by atoms with Crippen molar-refractivity contribution < 1.29 is 14.3 Å². The lowest BCUT2D eigenvalue weighted by atomic mass is 10.0. The Kier molecular flexibility index (Phi) is 7.25. The van der Waals surface area contributed by atoms with Crippen LogP contribution in [-0.2, 0) is 17.9 Å². The first-order valence-electron chi connectivity index (χ1n) is 11.6. The van der Waals surface area contributed by atoms with Crippen LogP contribution in [0.15, 0.2) is 66.7 Å². The van der Waals surface area contributed by atoms with Gasteiger partial charge in [0.05, 0.1) is 36.6 Å². The molecule has 4 rings (SSSR count). The summed E-state index contributed by atoms with van der Waals surface area (Å²) in [7, 11) is 0. The summed E-state index contributed by atoms with van der Waals surface area (Å²) in [6, 6.07) is 21.4. The predicted molar refractivity (Wildman–Crippen MR) is 128 cm³/mol. The fraction of sp³-hybridized carbons (Fsp3) is 0.333. The normalized spacial score (nSPS) is 14.7. The lowest BCUT2D eigenvalue weighted by molar-refractivity contribution is 0.0773. The topological polar surface area (TPSA) is 72.4 Å². The maximum Gasteiger partial charge on any atom is 0.268 e. The van der Waals surface area contributed by atoms with Gasteiger partial charge in [-0.1, -0.05) is 74.5 Å². The summed E-state index contributed by atoms with van der Waals surface area (Å²) >= 11 is 0. The Bertz CT molecular complexity index is 1010. The van der Waals surface area contributed by atoms with Crippen LogP contribution in [0.25, 0.3) is 0 Å². The number of rotatable bonds is 8. The van der Waals surface area contributed by atoms with Crippen LogP contribution in [0.5, 0.6) is 0 Å². The summed E-state index contributed by atoms with van der Waals surface area (Å²) in [4.78, 5) is 26.6. The van der Waals surface area contributed by atoms with E-state index in [2.05, 4.69) is 10.6 Å². The first-order chi connectivity index (χ1) is 16.1. The summed E-state index contributed by atoms with van der Waals surface area (Å²) in [5.41, 5.74) is 3.88. The Hall–Kier alpha value is -3.38. The smallest absolute Gasteiger partial charge is 0.268 e. The van der Waals surface area contributed by atoms with Gasteiger partial charge in [-0.05, 0) is 30.0 Å². The van der Waals surface area contributed by atoms with Crippen molar-refractivity contribution in [2.24, 2.45) is 0 Å². The van der Waals surface area contributed by atoms with E-state index in [1.165, 1.54) is 0 Å². The zero-order chi connectivity index (χ0) is 23.2. The van der Waals surface area contributed by atoms with Crippen LogP contribution in [0.3, 0.4) is 0 Å². The fourth-order valence-electron chi connectivity index (χ4n) is 4.39. The molecule has 2 N–H and O–H groups in total. The quantitative estimate of drug-likeness (QED) is 0.524. The molecule has 33 heavy (non-hydrogen) atoms. The molecule has 0 spiro atoms. The van der Waals surface area contributed by atoms with Crippen LogP contribution in [0.1, 0.15) is 76.4 Å². The van der Waals surface area contributed by atoms with E-state index in [4.69, 9.17) is 4.74 Å². The van der Waals surface area contributed by atoms with E-state index >= 15 is 0 Å². The van der Waals surface area contributed by atoms with Crippen molar-refractivity contribution in [2.45, 2.75) is 51.9 Å². The Morgan fingerprint density at radius 2 is 1.42 bits per heavy atom. The van der Waals surface area contributed by atoms with Crippen LogP contribution in [-0.4, -0.2) is 23.0 Å². The lowest BCUT2D eigenvalue weighted by Gasteiger charge is -2.22. The van der Waals surface area contributed by atoms with Gasteiger partial charge in [0.25, 0.3) is 11.8 Å². The lowest BCUT2D eigenvalue weighted by Crippen LogP contribution is -2.31. The number of aromatic nitrogens is 1. The molecule has 2 atom stereocenters. The Labute approximate surface area is 195 Å². The predicted octanol–water partition coefficient (Wildman–Crippen LogP) is 4.78. The molecule has 2 heterocycles. The molecule has 1 aliphatic rings. The van der Waals surface area contributed by atoms with Gasteiger partial charge in [0, 0.05) is 6.54 Å². The standard InChI is InChI=1S/C27H31N3O3/c1-3-22(19-11-7-5-8-12-19)28-26(31)21-17-24(30-15-16-33-18-25(21)30)27(32)29-23(4-2)20-13-9-6-10-14-20/h5-14,17,22-23H,3-4,15-16,18H2,1-2H3,(H,28,31)(H,29,32)/t22-,23-/m0/s1. The Balaban J connectivity index is 1.58. The molecule has 172 valence electrons. The average Bonchev–Trinajstić information content (AvgIpc) is 3.26. The maximum absolute atomic E-state index is 13.3. The molecule has 1 aliphatic heterocycles. The highest BCUT2D eigenvalue weighted by molar-refractivity contribution is 6.01. The van der Waals surface area contributed by atoms with Crippen molar-refractivity contribution in [3.05, 3.63) is 94.8 Å². The SMILES string of the molecule is CC[C@H](NC(=O)c1cc(C(=O)N[C@@H](CC)c2ccccc2)n2c1COCC2)c1ccccc1. The van der Waals surface area contributed by atoms with E-state index in [1.54, 1.807) is 6.07 Å². The average molecular weight is 446 g/mol. The highest BCUT2D eigenvalue weighted by atomic mass is 16.5. The number of carbonyl (C=O) groups excluding carboxylic acids is 2. The van der Waals surface area contributed by atoms with Crippen molar-refractivity contribution in [3.8, 4) is 0 Å². The summed E-state index contributed by atoms with van der Waals surface area (Å²) in [6.07, 6.45) is 1.54. The largest absolute Gasteiger partial charge is 0.373 e. The number of ether oxygens (including phenoxy) is 1. The molecule has 0 aliphatic carbocycles. The number of carbonyl (C=O) groups is 2. The van der Waals surface area contributed by atoms with E-state index in [-0.39, 0.29) is 23.9 Å². The van der Waals surface area contributed by atoms with Gasteiger partial charge in [-0.25, -0.2) is 0 Å². The van der Waals surface area contributed by atoms with Crippen molar-refractivity contribution in [1.82, 2.24) is 15.2 Å². The molecular formula is C27H31N3O3. The van der Waals surface area contributed by atoms with Gasteiger partial charge in [0.1, 0.15) is 5.69 Å². The minimum absolute atomic E-state index is 0.0930. The molecule has 3 aromatic rings. The van der Waals surface area contributed by atoms with Gasteiger partial charge < -0.3 is 19.9 Å². The van der Waals surface area contributed by atoms with Gasteiger partial charge >= 0.3 is 0 Å². The van der Waals surface area contributed by atoms with E-state index < -0.39 is 0 Å². The van der Waals surface area contributed by atoms with Crippen LogP contribution in [0.2, 0.25) is 0 Å². The first-order valence-corrected chi connectivity index (χ1v) is 11.6. The molecule has 6 nitrogen and oxygen atoms in total. The third-order valence-corrected chi connectivity index (χ3v) is 6.21. The van der Waals surface area contributed by atoms with Crippen molar-refractivity contribution >= 4 is 11.8 Å². The zero-order valence-electron chi connectivity index (χ0n) is 19.2. The van der Waals surface area contributed by atoms with Crippen LogP contribution >= 0.6 is 0 Å². The number of hydrogen-bond donors (Lipinski definition) is 2. The second kappa shape index (κ2) is 10.5. The molecule has 1 aromatic heterocycles. The van der Waals surface area contributed by atoms with Crippen LogP contribution in [0, 0.1) is 0 Å². The molecule has 0 radical (unpaired) electrons. The van der Waals surface area contributed by atoms with Gasteiger partial charge in [-0.15, -0.1) is 0 Å². The van der Waals surface area contributed by atoms with E-state index in [1.807, 2.05) is 79.1 Å². The number of nitrogens with zero attached hydrogens (tertiary/aromatic N) is 1. The third kappa shape index (κ3) is 5.01. The third-order valence-electron chi connectivity index (χ3n) is 6.21. The molecule has 6 heteroatoms. The molecule has 0 saturated carbocycles. The first kappa shape index (κ1) is 22.8. The Morgan fingerprint density at radius 1 is 0.879 bits per heavy atom. The van der Waals surface area contributed by atoms with E-state index in [9.17, 15) is 9.59 Å². The maximum atomic E-state index is 13.3. The number of benzene rings is 2. The second-order valence-electron chi connectivity index (χ2n) is 8.28. The van der Waals surface area contributed by atoms with Gasteiger partial charge in [0.2, 0.25) is 0 Å². The minimum Gasteiger partial charge on any atom is -0.373 e. The number of nitrogens with one attached hydrogen (secondary N) is 2. The van der Waals surface area contributed by atoms with Crippen LogP contribution in [0.4, 0.5) is 0 Å². The van der Waals surface area contributed by atoms with Crippen molar-refractivity contribution in [3.63, 3.8) is 0 Å². The molecule has 2 amide bonds. The summed E-state index contributed by atoms with van der Waals surface area (Å²) in [5.74, 6) is -0.364. The summed E-state index contributed by atoms with van der Waals surface area (Å²) in [6.45, 7) is 5.47. The van der Waals surface area contributed by atoms with Gasteiger partial charge in [0.15, 0.2) is 0 Å².